The number of likely N-dealkylation sites (tertiary alicyclic amines) is 1. The van der Waals surface area contributed by atoms with E-state index in [1.165, 1.54) is 24.7 Å². The van der Waals surface area contributed by atoms with Crippen LogP contribution in [0.1, 0.15) is 36.4 Å². The molecule has 3 unspecified atom stereocenters. The van der Waals surface area contributed by atoms with E-state index in [9.17, 15) is 4.79 Å². The van der Waals surface area contributed by atoms with Crippen LogP contribution in [-0.4, -0.2) is 55.8 Å². The van der Waals surface area contributed by atoms with Crippen molar-refractivity contribution in [3.05, 3.63) is 29.3 Å². The number of ether oxygens (including phenoxy) is 2. The molecular weight excluding hydrogens is 304 g/mol. The molecular formula is C19H26N2O3. The SMILES string of the molecule is COC(=O)N1CCCC2CN3CCc4ccc(OC)cc4C3CC21. The molecule has 0 N–H and O–H groups in total. The highest BCUT2D eigenvalue weighted by Gasteiger charge is 2.44. The second-order valence-corrected chi connectivity index (χ2v) is 7.19. The van der Waals surface area contributed by atoms with Crippen LogP contribution in [-0.2, 0) is 11.2 Å². The second kappa shape index (κ2) is 6.28. The van der Waals surface area contributed by atoms with Crippen molar-refractivity contribution in [2.45, 2.75) is 37.8 Å². The minimum absolute atomic E-state index is 0.167. The van der Waals surface area contributed by atoms with Crippen LogP contribution in [0.5, 0.6) is 5.75 Å². The maximum atomic E-state index is 12.2. The zero-order chi connectivity index (χ0) is 16.7. The van der Waals surface area contributed by atoms with Crippen molar-refractivity contribution in [2.24, 2.45) is 5.92 Å². The van der Waals surface area contributed by atoms with Gasteiger partial charge in [0.25, 0.3) is 0 Å². The number of hydrogen-bond acceptors (Lipinski definition) is 4. The molecule has 0 aliphatic carbocycles. The molecule has 2 fully saturated rings. The number of nitrogens with zero attached hydrogens (tertiary/aromatic N) is 2. The molecule has 4 rings (SSSR count). The van der Waals surface area contributed by atoms with Gasteiger partial charge in [0.15, 0.2) is 0 Å². The van der Waals surface area contributed by atoms with Crippen molar-refractivity contribution >= 4 is 6.09 Å². The molecule has 0 spiro atoms. The quantitative estimate of drug-likeness (QED) is 0.794. The van der Waals surface area contributed by atoms with Gasteiger partial charge in [-0.05, 0) is 54.9 Å². The molecule has 5 nitrogen and oxygen atoms in total. The Morgan fingerprint density at radius 2 is 2.12 bits per heavy atom. The fourth-order valence-corrected chi connectivity index (χ4v) is 4.89. The Kier molecular flexibility index (Phi) is 4.12. The summed E-state index contributed by atoms with van der Waals surface area (Å²) in [7, 11) is 3.21. The van der Waals surface area contributed by atoms with Gasteiger partial charge in [-0.25, -0.2) is 4.79 Å². The van der Waals surface area contributed by atoms with E-state index in [2.05, 4.69) is 23.1 Å². The number of piperidine rings is 2. The molecule has 1 aromatic rings. The lowest BCUT2D eigenvalue weighted by Crippen LogP contribution is -2.57. The lowest BCUT2D eigenvalue weighted by molar-refractivity contribution is -0.00846. The maximum absolute atomic E-state index is 12.2. The third kappa shape index (κ3) is 2.55. The van der Waals surface area contributed by atoms with Crippen LogP contribution in [0.25, 0.3) is 0 Å². The minimum atomic E-state index is -0.167. The van der Waals surface area contributed by atoms with Gasteiger partial charge < -0.3 is 14.4 Å². The number of benzene rings is 1. The average molecular weight is 330 g/mol. The van der Waals surface area contributed by atoms with Gasteiger partial charge in [0.05, 0.1) is 14.2 Å². The number of carbonyl (C=O) groups is 1. The van der Waals surface area contributed by atoms with Crippen LogP contribution in [0.2, 0.25) is 0 Å². The van der Waals surface area contributed by atoms with E-state index in [0.717, 1.165) is 44.6 Å². The van der Waals surface area contributed by atoms with Gasteiger partial charge in [-0.3, -0.25) is 4.90 Å². The van der Waals surface area contributed by atoms with E-state index in [-0.39, 0.29) is 6.09 Å². The van der Waals surface area contributed by atoms with Crippen LogP contribution in [0, 0.1) is 5.92 Å². The van der Waals surface area contributed by atoms with Crippen molar-refractivity contribution in [2.75, 3.05) is 33.9 Å². The first kappa shape index (κ1) is 15.8. The first-order valence-corrected chi connectivity index (χ1v) is 8.96. The normalized spacial score (nSPS) is 29.2. The largest absolute Gasteiger partial charge is 0.497 e. The summed E-state index contributed by atoms with van der Waals surface area (Å²) in [5.41, 5.74) is 2.81. The molecule has 3 atom stereocenters. The third-order valence-corrected chi connectivity index (χ3v) is 6.08. The summed E-state index contributed by atoms with van der Waals surface area (Å²) in [5.74, 6) is 1.49. The maximum Gasteiger partial charge on any atom is 0.409 e. The van der Waals surface area contributed by atoms with Crippen molar-refractivity contribution in [1.82, 2.24) is 9.80 Å². The molecule has 5 heteroatoms. The number of amides is 1. The van der Waals surface area contributed by atoms with Crippen LogP contribution >= 0.6 is 0 Å². The first-order chi connectivity index (χ1) is 11.7. The standard InChI is InChI=1S/C19H26N2O3/c1-23-15-6-5-13-7-9-20-12-14-4-3-8-21(19(22)24-2)17(14)11-18(20)16(13)10-15/h5-6,10,14,17-18H,3-4,7-9,11-12H2,1-2H3. The topological polar surface area (TPSA) is 42.0 Å². The lowest BCUT2D eigenvalue weighted by atomic mass is 9.77. The molecule has 2 saturated heterocycles. The highest BCUT2D eigenvalue weighted by atomic mass is 16.5. The molecule has 3 aliphatic rings. The van der Waals surface area contributed by atoms with Gasteiger partial charge in [0.2, 0.25) is 0 Å². The predicted octanol–water partition coefficient (Wildman–Crippen LogP) is 2.85. The van der Waals surface area contributed by atoms with Crippen molar-refractivity contribution in [3.8, 4) is 5.75 Å². The summed E-state index contributed by atoms with van der Waals surface area (Å²) >= 11 is 0. The Labute approximate surface area is 143 Å². The summed E-state index contributed by atoms with van der Waals surface area (Å²) in [4.78, 5) is 16.8. The summed E-state index contributed by atoms with van der Waals surface area (Å²) in [6, 6.07) is 7.13. The molecule has 0 bridgehead atoms. The highest BCUT2D eigenvalue weighted by Crippen LogP contribution is 2.43. The molecule has 0 aromatic heterocycles. The van der Waals surface area contributed by atoms with Crippen molar-refractivity contribution in [1.29, 1.82) is 0 Å². The van der Waals surface area contributed by atoms with Crippen LogP contribution < -0.4 is 4.74 Å². The van der Waals surface area contributed by atoms with Gasteiger partial charge in [0, 0.05) is 31.7 Å². The highest BCUT2D eigenvalue weighted by molar-refractivity contribution is 5.68. The van der Waals surface area contributed by atoms with Gasteiger partial charge >= 0.3 is 6.09 Å². The summed E-state index contributed by atoms with van der Waals surface area (Å²) < 4.78 is 10.5. The van der Waals surface area contributed by atoms with Crippen LogP contribution in [0.3, 0.4) is 0 Å². The fraction of sp³-hybridized carbons (Fsp3) is 0.632. The average Bonchev–Trinajstić information content (AvgIpc) is 2.64. The van der Waals surface area contributed by atoms with Gasteiger partial charge in [-0.2, -0.15) is 0 Å². The van der Waals surface area contributed by atoms with Crippen LogP contribution in [0.15, 0.2) is 18.2 Å². The number of fused-ring (bicyclic) bond motifs is 4. The van der Waals surface area contributed by atoms with Gasteiger partial charge in [0.1, 0.15) is 5.75 Å². The summed E-state index contributed by atoms with van der Waals surface area (Å²) in [6.07, 6.45) is 4.24. The number of hydrogen-bond donors (Lipinski definition) is 0. The van der Waals surface area contributed by atoms with Crippen molar-refractivity contribution in [3.63, 3.8) is 0 Å². The first-order valence-electron chi connectivity index (χ1n) is 8.96. The molecule has 1 amide bonds. The molecule has 0 saturated carbocycles. The Morgan fingerprint density at radius 1 is 1.25 bits per heavy atom. The van der Waals surface area contributed by atoms with E-state index in [4.69, 9.17) is 9.47 Å². The number of methoxy groups -OCH3 is 2. The van der Waals surface area contributed by atoms with Gasteiger partial charge in [-0.1, -0.05) is 6.07 Å². The molecule has 0 radical (unpaired) electrons. The Balaban J connectivity index is 1.64. The monoisotopic (exact) mass is 330 g/mol. The number of carbonyl (C=O) groups excluding carboxylic acids is 1. The Bertz CT molecular complexity index is 633. The number of rotatable bonds is 1. The third-order valence-electron chi connectivity index (χ3n) is 6.08. The molecule has 130 valence electrons. The summed E-state index contributed by atoms with van der Waals surface area (Å²) in [5, 5.41) is 0. The smallest absolute Gasteiger partial charge is 0.409 e. The van der Waals surface area contributed by atoms with Crippen molar-refractivity contribution < 1.29 is 14.3 Å². The van der Waals surface area contributed by atoms with Gasteiger partial charge in [-0.15, -0.1) is 0 Å². The Morgan fingerprint density at radius 3 is 2.92 bits per heavy atom. The van der Waals surface area contributed by atoms with Crippen LogP contribution in [0.4, 0.5) is 4.79 Å². The van der Waals surface area contributed by atoms with E-state index in [0.29, 0.717) is 18.0 Å². The van der Waals surface area contributed by atoms with E-state index in [1.807, 2.05) is 4.90 Å². The molecule has 3 aliphatic heterocycles. The fourth-order valence-electron chi connectivity index (χ4n) is 4.89. The van der Waals surface area contributed by atoms with E-state index < -0.39 is 0 Å². The van der Waals surface area contributed by atoms with E-state index in [1.54, 1.807) is 7.11 Å². The molecule has 3 heterocycles. The Hall–Kier alpha value is -1.75. The zero-order valence-electron chi connectivity index (χ0n) is 14.5. The minimum Gasteiger partial charge on any atom is -0.497 e. The molecule has 1 aromatic carbocycles. The second-order valence-electron chi connectivity index (χ2n) is 7.19. The van der Waals surface area contributed by atoms with E-state index >= 15 is 0 Å². The summed E-state index contributed by atoms with van der Waals surface area (Å²) in [6.45, 7) is 3.02. The predicted molar refractivity (Wildman–Crippen MR) is 91.3 cm³/mol. The zero-order valence-corrected chi connectivity index (χ0v) is 14.5. The lowest BCUT2D eigenvalue weighted by Gasteiger charge is -2.51. The molecule has 24 heavy (non-hydrogen) atoms.